The first kappa shape index (κ1) is 14.5. The molecule has 0 amide bonds. The van der Waals surface area contributed by atoms with Gasteiger partial charge in [0.25, 0.3) is 0 Å². The summed E-state index contributed by atoms with van der Waals surface area (Å²) in [6, 6.07) is 7.11. The molecular weight excluding hydrogens is 260 g/mol. The largest absolute Gasteiger partial charge is 0.305 e. The number of Topliss-reactive ketones (excluding diaryl/α,β-unsaturated/α-hetero) is 1. The molecule has 2 rings (SSSR count). The van der Waals surface area contributed by atoms with Gasteiger partial charge in [-0.2, -0.15) is 0 Å². The Morgan fingerprint density at radius 2 is 1.84 bits per heavy atom. The number of ketones is 1. The number of benzene rings is 1. The van der Waals surface area contributed by atoms with Crippen LogP contribution in [0.15, 0.2) is 24.3 Å². The van der Waals surface area contributed by atoms with Gasteiger partial charge in [0.2, 0.25) is 0 Å². The van der Waals surface area contributed by atoms with Crippen molar-refractivity contribution in [1.82, 2.24) is 9.80 Å². The predicted molar refractivity (Wildman–Crippen MR) is 78.9 cm³/mol. The maximum absolute atomic E-state index is 12.5. The minimum atomic E-state index is -0.0623. The maximum atomic E-state index is 12.5. The first-order valence-electron chi connectivity index (χ1n) is 6.80. The van der Waals surface area contributed by atoms with Crippen LogP contribution in [0.5, 0.6) is 0 Å². The van der Waals surface area contributed by atoms with Crippen molar-refractivity contribution in [3.63, 3.8) is 0 Å². The molecule has 0 spiro atoms. The Bertz CT molecular complexity index is 432. The molecule has 1 fully saturated rings. The quantitative estimate of drug-likeness (QED) is 0.795. The molecule has 19 heavy (non-hydrogen) atoms. The van der Waals surface area contributed by atoms with Gasteiger partial charge in [0, 0.05) is 30.2 Å². The number of nitrogens with zero attached hydrogens (tertiary/aromatic N) is 2. The zero-order chi connectivity index (χ0) is 13.8. The third-order valence-corrected chi connectivity index (χ3v) is 4.06. The third kappa shape index (κ3) is 3.78. The molecule has 0 aliphatic carbocycles. The second kappa shape index (κ2) is 6.51. The number of hydrogen-bond acceptors (Lipinski definition) is 3. The summed E-state index contributed by atoms with van der Waals surface area (Å²) in [5.74, 6) is 0.182. The number of likely N-dealkylation sites (N-methyl/N-ethyl adjacent to an activating group) is 1. The summed E-state index contributed by atoms with van der Waals surface area (Å²) >= 11 is 5.86. The van der Waals surface area contributed by atoms with E-state index in [-0.39, 0.29) is 11.8 Å². The molecule has 0 N–H and O–H groups in total. The lowest BCUT2D eigenvalue weighted by Crippen LogP contribution is -2.41. The fraction of sp³-hybridized carbons (Fsp3) is 0.533. The van der Waals surface area contributed by atoms with Crippen molar-refractivity contribution in [2.24, 2.45) is 0 Å². The van der Waals surface area contributed by atoms with Crippen LogP contribution in [0.2, 0.25) is 5.02 Å². The number of hydrogen-bond donors (Lipinski definition) is 0. The van der Waals surface area contributed by atoms with Gasteiger partial charge in [0.15, 0.2) is 5.78 Å². The van der Waals surface area contributed by atoms with E-state index in [1.807, 2.05) is 19.1 Å². The Balaban J connectivity index is 2.03. The van der Waals surface area contributed by atoms with Crippen LogP contribution in [-0.4, -0.2) is 54.9 Å². The zero-order valence-electron chi connectivity index (χ0n) is 11.6. The maximum Gasteiger partial charge on any atom is 0.179 e. The Morgan fingerprint density at radius 1 is 1.16 bits per heavy atom. The lowest BCUT2D eigenvalue weighted by atomic mass is 10.0. The molecule has 1 saturated heterocycles. The molecule has 4 heteroatoms. The first-order valence-corrected chi connectivity index (χ1v) is 7.18. The summed E-state index contributed by atoms with van der Waals surface area (Å²) in [6.45, 7) is 6.08. The van der Waals surface area contributed by atoms with E-state index >= 15 is 0 Å². The van der Waals surface area contributed by atoms with Crippen molar-refractivity contribution in [1.29, 1.82) is 0 Å². The summed E-state index contributed by atoms with van der Waals surface area (Å²) in [5.41, 5.74) is 0.745. The molecule has 0 saturated carbocycles. The minimum absolute atomic E-state index is 0.0623. The first-order chi connectivity index (χ1) is 9.08. The van der Waals surface area contributed by atoms with E-state index < -0.39 is 0 Å². The van der Waals surface area contributed by atoms with Crippen LogP contribution in [0.1, 0.15) is 23.7 Å². The van der Waals surface area contributed by atoms with Gasteiger partial charge in [-0.15, -0.1) is 0 Å². The van der Waals surface area contributed by atoms with Crippen LogP contribution >= 0.6 is 11.6 Å². The minimum Gasteiger partial charge on any atom is -0.305 e. The third-order valence-electron chi connectivity index (χ3n) is 3.81. The second-order valence-corrected chi connectivity index (χ2v) is 5.68. The van der Waals surface area contributed by atoms with Crippen molar-refractivity contribution in [2.75, 3.05) is 33.2 Å². The summed E-state index contributed by atoms with van der Waals surface area (Å²) in [6.07, 6.45) is 1.12. The SMILES string of the molecule is CC(C(=O)c1ccc(Cl)cc1)N1CCCN(C)CC1. The van der Waals surface area contributed by atoms with E-state index in [0.29, 0.717) is 5.02 Å². The zero-order valence-corrected chi connectivity index (χ0v) is 12.4. The van der Waals surface area contributed by atoms with Crippen LogP contribution in [-0.2, 0) is 0 Å². The topological polar surface area (TPSA) is 23.6 Å². The van der Waals surface area contributed by atoms with E-state index in [9.17, 15) is 4.79 Å². The van der Waals surface area contributed by atoms with Gasteiger partial charge in [-0.05, 0) is 51.2 Å². The average molecular weight is 281 g/mol. The van der Waals surface area contributed by atoms with E-state index in [4.69, 9.17) is 11.6 Å². The Kier molecular flexibility index (Phi) is 4.97. The van der Waals surface area contributed by atoms with Gasteiger partial charge in [-0.1, -0.05) is 11.6 Å². The summed E-state index contributed by atoms with van der Waals surface area (Å²) < 4.78 is 0. The van der Waals surface area contributed by atoms with Gasteiger partial charge in [0.05, 0.1) is 6.04 Å². The Labute approximate surface area is 120 Å². The van der Waals surface area contributed by atoms with Crippen molar-refractivity contribution in [2.45, 2.75) is 19.4 Å². The van der Waals surface area contributed by atoms with Crippen LogP contribution in [0.4, 0.5) is 0 Å². The normalized spacial score (nSPS) is 19.9. The molecule has 104 valence electrons. The number of rotatable bonds is 3. The van der Waals surface area contributed by atoms with E-state index in [0.717, 1.165) is 38.2 Å². The highest BCUT2D eigenvalue weighted by atomic mass is 35.5. The molecule has 1 aliphatic rings. The molecule has 1 atom stereocenters. The van der Waals surface area contributed by atoms with Crippen molar-refractivity contribution < 1.29 is 4.79 Å². The Hall–Kier alpha value is -0.900. The van der Waals surface area contributed by atoms with Crippen LogP contribution < -0.4 is 0 Å². The second-order valence-electron chi connectivity index (χ2n) is 5.24. The average Bonchev–Trinajstić information content (AvgIpc) is 2.63. The molecule has 3 nitrogen and oxygen atoms in total. The molecule has 1 aromatic rings. The van der Waals surface area contributed by atoms with Gasteiger partial charge >= 0.3 is 0 Å². The predicted octanol–water partition coefficient (Wildman–Crippen LogP) is 2.55. The van der Waals surface area contributed by atoms with Gasteiger partial charge < -0.3 is 4.90 Å². The van der Waals surface area contributed by atoms with E-state index in [1.165, 1.54) is 0 Å². The number of halogens is 1. The van der Waals surface area contributed by atoms with Gasteiger partial charge in [-0.3, -0.25) is 9.69 Å². The lowest BCUT2D eigenvalue weighted by molar-refractivity contribution is 0.0843. The van der Waals surface area contributed by atoms with Crippen molar-refractivity contribution in [3.05, 3.63) is 34.9 Å². The summed E-state index contributed by atoms with van der Waals surface area (Å²) in [7, 11) is 2.13. The highest BCUT2D eigenvalue weighted by Crippen LogP contribution is 2.14. The standard InChI is InChI=1S/C15H21ClN2O/c1-12(18-9-3-8-17(2)10-11-18)15(19)13-4-6-14(16)7-5-13/h4-7,12H,3,8-11H2,1-2H3. The van der Waals surface area contributed by atoms with Crippen LogP contribution in [0.25, 0.3) is 0 Å². The lowest BCUT2D eigenvalue weighted by Gasteiger charge is -2.26. The van der Waals surface area contributed by atoms with Gasteiger partial charge in [0.1, 0.15) is 0 Å². The van der Waals surface area contributed by atoms with Gasteiger partial charge in [-0.25, -0.2) is 0 Å². The fourth-order valence-electron chi connectivity index (χ4n) is 2.47. The van der Waals surface area contributed by atoms with Crippen LogP contribution in [0.3, 0.4) is 0 Å². The highest BCUT2D eigenvalue weighted by molar-refractivity contribution is 6.30. The molecule has 0 bridgehead atoms. The fourth-order valence-corrected chi connectivity index (χ4v) is 2.60. The van der Waals surface area contributed by atoms with E-state index in [1.54, 1.807) is 12.1 Å². The van der Waals surface area contributed by atoms with E-state index in [2.05, 4.69) is 16.8 Å². The Morgan fingerprint density at radius 3 is 2.53 bits per heavy atom. The van der Waals surface area contributed by atoms with Crippen molar-refractivity contribution >= 4 is 17.4 Å². The molecular formula is C15H21ClN2O. The number of carbonyl (C=O) groups is 1. The molecule has 0 radical (unpaired) electrons. The van der Waals surface area contributed by atoms with Crippen LogP contribution in [0, 0.1) is 0 Å². The van der Waals surface area contributed by atoms with Crippen molar-refractivity contribution in [3.8, 4) is 0 Å². The molecule has 1 aromatic carbocycles. The smallest absolute Gasteiger partial charge is 0.179 e. The molecule has 1 unspecified atom stereocenters. The number of carbonyl (C=O) groups excluding carboxylic acids is 1. The molecule has 0 aromatic heterocycles. The molecule has 1 aliphatic heterocycles. The highest BCUT2D eigenvalue weighted by Gasteiger charge is 2.23. The summed E-state index contributed by atoms with van der Waals surface area (Å²) in [4.78, 5) is 17.0. The monoisotopic (exact) mass is 280 g/mol. The summed E-state index contributed by atoms with van der Waals surface area (Å²) in [5, 5.41) is 0.667. The molecule has 1 heterocycles.